The predicted octanol–water partition coefficient (Wildman–Crippen LogP) is 2.93. The first-order chi connectivity index (χ1) is 9.88. The minimum atomic E-state index is -1.28. The molecule has 0 radical (unpaired) electrons. The fraction of sp³-hybridized carbons (Fsp3) is 0.0769. The molecular weight excluding hydrogens is 283 g/mol. The number of hydrogen-bond donors (Lipinski definition) is 1. The third-order valence-electron chi connectivity index (χ3n) is 2.56. The van der Waals surface area contributed by atoms with E-state index in [1.54, 1.807) is 6.92 Å². The lowest BCUT2D eigenvalue weighted by molar-refractivity contribution is -0.385. The molecule has 21 heavy (non-hydrogen) atoms. The quantitative estimate of drug-likeness (QED) is 0.686. The second kappa shape index (κ2) is 5.53. The standard InChI is InChI=1S/C13H9FN2O5/c1-7-2-4-9(13(17)18)12(15-7)21-11-5-3-8(16(19)20)6-10(11)14/h2-6H,1H3,(H,17,18). The van der Waals surface area contributed by atoms with E-state index in [-0.39, 0.29) is 17.2 Å². The molecule has 7 nitrogen and oxygen atoms in total. The van der Waals surface area contributed by atoms with Crippen LogP contribution in [0, 0.1) is 22.9 Å². The second-order valence-corrected chi connectivity index (χ2v) is 4.08. The van der Waals surface area contributed by atoms with E-state index in [1.807, 2.05) is 0 Å². The van der Waals surface area contributed by atoms with E-state index in [0.717, 1.165) is 12.1 Å². The SMILES string of the molecule is Cc1ccc(C(=O)O)c(Oc2ccc([N+](=O)[O-])cc2F)n1. The van der Waals surface area contributed by atoms with Gasteiger partial charge in [0, 0.05) is 11.8 Å². The summed E-state index contributed by atoms with van der Waals surface area (Å²) in [5.41, 5.74) is -0.189. The predicted molar refractivity (Wildman–Crippen MR) is 69.1 cm³/mol. The molecule has 1 aromatic heterocycles. The Bertz CT molecular complexity index is 732. The molecule has 0 bridgehead atoms. The van der Waals surface area contributed by atoms with Gasteiger partial charge in [-0.05, 0) is 25.1 Å². The van der Waals surface area contributed by atoms with Crippen LogP contribution in [0.5, 0.6) is 11.6 Å². The molecule has 108 valence electrons. The largest absolute Gasteiger partial charge is 0.477 e. The zero-order valence-electron chi connectivity index (χ0n) is 10.7. The van der Waals surface area contributed by atoms with Crippen LogP contribution in [0.4, 0.5) is 10.1 Å². The van der Waals surface area contributed by atoms with Crippen molar-refractivity contribution in [3.8, 4) is 11.6 Å². The number of aromatic nitrogens is 1. The van der Waals surface area contributed by atoms with Crippen LogP contribution in [-0.2, 0) is 0 Å². The van der Waals surface area contributed by atoms with E-state index >= 15 is 0 Å². The number of carbonyl (C=O) groups is 1. The van der Waals surface area contributed by atoms with Crippen LogP contribution in [0.2, 0.25) is 0 Å². The summed E-state index contributed by atoms with van der Waals surface area (Å²) in [7, 11) is 0. The number of pyridine rings is 1. The summed E-state index contributed by atoms with van der Waals surface area (Å²) < 4.78 is 18.9. The third kappa shape index (κ3) is 3.11. The average molecular weight is 292 g/mol. The van der Waals surface area contributed by atoms with Gasteiger partial charge in [-0.1, -0.05) is 0 Å². The Labute approximate surface area is 117 Å². The lowest BCUT2D eigenvalue weighted by atomic mass is 10.2. The average Bonchev–Trinajstić information content (AvgIpc) is 2.40. The number of halogens is 1. The van der Waals surface area contributed by atoms with Crippen molar-refractivity contribution in [3.05, 3.63) is 57.5 Å². The van der Waals surface area contributed by atoms with Crippen LogP contribution in [0.3, 0.4) is 0 Å². The molecule has 0 saturated heterocycles. The molecule has 2 aromatic rings. The Morgan fingerprint density at radius 3 is 2.67 bits per heavy atom. The summed E-state index contributed by atoms with van der Waals surface area (Å²) in [5.74, 6) is -2.89. The van der Waals surface area contributed by atoms with Crippen molar-refractivity contribution in [1.29, 1.82) is 0 Å². The van der Waals surface area contributed by atoms with Crippen LogP contribution in [-0.4, -0.2) is 21.0 Å². The van der Waals surface area contributed by atoms with Crippen molar-refractivity contribution >= 4 is 11.7 Å². The second-order valence-electron chi connectivity index (χ2n) is 4.08. The van der Waals surface area contributed by atoms with Crippen molar-refractivity contribution in [2.75, 3.05) is 0 Å². The third-order valence-corrected chi connectivity index (χ3v) is 2.56. The van der Waals surface area contributed by atoms with E-state index < -0.39 is 22.4 Å². The van der Waals surface area contributed by atoms with Gasteiger partial charge in [-0.2, -0.15) is 0 Å². The van der Waals surface area contributed by atoms with Gasteiger partial charge in [0.05, 0.1) is 11.0 Å². The summed E-state index contributed by atoms with van der Waals surface area (Å²) in [4.78, 5) is 24.7. The van der Waals surface area contributed by atoms with Gasteiger partial charge in [0.25, 0.3) is 5.69 Å². The lowest BCUT2D eigenvalue weighted by Crippen LogP contribution is -2.03. The maximum atomic E-state index is 13.7. The van der Waals surface area contributed by atoms with E-state index in [2.05, 4.69) is 4.98 Å². The molecule has 0 fully saturated rings. The minimum absolute atomic E-state index is 0.238. The maximum Gasteiger partial charge on any atom is 0.341 e. The van der Waals surface area contributed by atoms with Gasteiger partial charge in [0.2, 0.25) is 5.88 Å². The molecule has 0 amide bonds. The molecule has 1 N–H and O–H groups in total. The highest BCUT2D eigenvalue weighted by molar-refractivity contribution is 5.90. The number of rotatable bonds is 4. The van der Waals surface area contributed by atoms with E-state index in [4.69, 9.17) is 9.84 Å². The molecule has 0 aliphatic rings. The number of nitrogens with zero attached hydrogens (tertiary/aromatic N) is 2. The number of benzene rings is 1. The minimum Gasteiger partial charge on any atom is -0.477 e. The molecule has 1 heterocycles. The monoisotopic (exact) mass is 292 g/mol. The fourth-order valence-electron chi connectivity index (χ4n) is 1.56. The van der Waals surface area contributed by atoms with Gasteiger partial charge in [0.15, 0.2) is 11.6 Å². The summed E-state index contributed by atoms with van der Waals surface area (Å²) in [6.07, 6.45) is 0. The van der Waals surface area contributed by atoms with Gasteiger partial charge < -0.3 is 9.84 Å². The maximum absolute atomic E-state index is 13.7. The number of hydrogen-bond acceptors (Lipinski definition) is 5. The lowest BCUT2D eigenvalue weighted by Gasteiger charge is -2.09. The van der Waals surface area contributed by atoms with Crippen LogP contribution >= 0.6 is 0 Å². The first-order valence-corrected chi connectivity index (χ1v) is 5.71. The number of nitro benzene ring substituents is 1. The van der Waals surface area contributed by atoms with Crippen molar-refractivity contribution < 1.29 is 24.0 Å². The van der Waals surface area contributed by atoms with Crippen LogP contribution in [0.15, 0.2) is 30.3 Å². The molecule has 1 aromatic carbocycles. The Morgan fingerprint density at radius 1 is 1.38 bits per heavy atom. The van der Waals surface area contributed by atoms with E-state index in [0.29, 0.717) is 11.8 Å². The number of aryl methyl sites for hydroxylation is 1. The zero-order valence-corrected chi connectivity index (χ0v) is 10.7. The summed E-state index contributed by atoms with van der Waals surface area (Å²) in [6, 6.07) is 5.54. The summed E-state index contributed by atoms with van der Waals surface area (Å²) >= 11 is 0. The Hall–Kier alpha value is -3.03. The van der Waals surface area contributed by atoms with Gasteiger partial charge in [-0.25, -0.2) is 14.2 Å². The molecule has 0 aliphatic carbocycles. The van der Waals surface area contributed by atoms with Crippen LogP contribution in [0.1, 0.15) is 16.1 Å². The fourth-order valence-corrected chi connectivity index (χ4v) is 1.56. The normalized spacial score (nSPS) is 10.2. The highest BCUT2D eigenvalue weighted by Gasteiger charge is 2.17. The molecule has 0 atom stereocenters. The van der Waals surface area contributed by atoms with E-state index in [9.17, 15) is 19.3 Å². The molecule has 2 rings (SSSR count). The smallest absolute Gasteiger partial charge is 0.341 e. The summed E-state index contributed by atoms with van der Waals surface area (Å²) in [6.45, 7) is 1.62. The molecule has 0 aliphatic heterocycles. The van der Waals surface area contributed by atoms with Gasteiger partial charge in [-0.15, -0.1) is 0 Å². The zero-order chi connectivity index (χ0) is 15.6. The number of aromatic carboxylic acids is 1. The first-order valence-electron chi connectivity index (χ1n) is 5.71. The number of nitro groups is 1. The number of non-ortho nitro benzene ring substituents is 1. The molecule has 0 spiro atoms. The molecule has 0 saturated carbocycles. The Balaban J connectivity index is 2.40. The highest BCUT2D eigenvalue weighted by Crippen LogP contribution is 2.28. The van der Waals surface area contributed by atoms with Crippen molar-refractivity contribution in [3.63, 3.8) is 0 Å². The van der Waals surface area contributed by atoms with Gasteiger partial charge in [-0.3, -0.25) is 10.1 Å². The first kappa shape index (κ1) is 14.4. The van der Waals surface area contributed by atoms with Gasteiger partial charge >= 0.3 is 5.97 Å². The Kier molecular flexibility index (Phi) is 3.79. The van der Waals surface area contributed by atoms with Crippen molar-refractivity contribution in [1.82, 2.24) is 4.98 Å². The van der Waals surface area contributed by atoms with Crippen LogP contribution in [0.25, 0.3) is 0 Å². The number of ether oxygens (including phenoxy) is 1. The highest BCUT2D eigenvalue weighted by atomic mass is 19.1. The molecule has 0 unspecified atom stereocenters. The summed E-state index contributed by atoms with van der Waals surface area (Å²) in [5, 5.41) is 19.5. The number of carboxylic acid groups (broad SMARTS) is 1. The molecular formula is C13H9FN2O5. The van der Waals surface area contributed by atoms with Crippen molar-refractivity contribution in [2.45, 2.75) is 6.92 Å². The van der Waals surface area contributed by atoms with Gasteiger partial charge in [0.1, 0.15) is 5.56 Å². The Morgan fingerprint density at radius 2 is 2.10 bits per heavy atom. The van der Waals surface area contributed by atoms with Crippen LogP contribution < -0.4 is 4.74 Å². The van der Waals surface area contributed by atoms with E-state index in [1.165, 1.54) is 12.1 Å². The van der Waals surface area contributed by atoms with Crippen molar-refractivity contribution in [2.24, 2.45) is 0 Å². The topological polar surface area (TPSA) is 103 Å². The molecule has 8 heteroatoms. The number of carboxylic acids is 1.